The van der Waals surface area contributed by atoms with E-state index in [2.05, 4.69) is 5.32 Å². The van der Waals surface area contributed by atoms with E-state index < -0.39 is 26.4 Å². The summed E-state index contributed by atoms with van der Waals surface area (Å²) in [5.41, 5.74) is 0.821. The highest BCUT2D eigenvalue weighted by molar-refractivity contribution is 7.93. The van der Waals surface area contributed by atoms with E-state index in [9.17, 15) is 27.6 Å². The molecule has 0 radical (unpaired) electrons. The van der Waals surface area contributed by atoms with Gasteiger partial charge in [0.1, 0.15) is 5.78 Å². The molecule has 2 amide bonds. The maximum atomic E-state index is 13.3. The maximum Gasteiger partial charge on any atom is 0.231 e. The summed E-state index contributed by atoms with van der Waals surface area (Å²) in [4.78, 5) is 46.1. The molecule has 10 nitrogen and oxygen atoms in total. The summed E-state index contributed by atoms with van der Waals surface area (Å²) in [5, 5.41) is 3.01. The van der Waals surface area contributed by atoms with Gasteiger partial charge in [-0.05, 0) is 48.4 Å². The third-order valence-electron chi connectivity index (χ3n) is 7.13. The zero-order valence-electron chi connectivity index (χ0n) is 20.3. The molecule has 0 aromatic heterocycles. The standard InChI is InChI=1S/C20H16ClNO6S.C6H9NO2/c21-14-2-4-15(5-3-14)29(25,26)20-9-18(23)22(20)10-13(19(20)24)7-12-1-6-16-17(8-12)28-11-27-16;8-5-1-2-6(9)7-4-3-5/h1-6,8,13H,7,9-11H2;1-4H2,(H,7,9). The second-order valence-corrected chi connectivity index (χ2v) is 12.1. The highest BCUT2D eigenvalue weighted by Gasteiger charge is 2.70. The van der Waals surface area contributed by atoms with Crippen LogP contribution >= 0.6 is 11.6 Å². The number of fused-ring (bicyclic) bond motifs is 2. The van der Waals surface area contributed by atoms with Crippen LogP contribution in [0.2, 0.25) is 5.02 Å². The first-order valence-corrected chi connectivity index (χ1v) is 14.0. The Kier molecular flexibility index (Phi) is 6.91. The molecule has 200 valence electrons. The molecule has 2 unspecified atom stereocenters. The Morgan fingerprint density at radius 1 is 0.974 bits per heavy atom. The minimum Gasteiger partial charge on any atom is -0.454 e. The second kappa shape index (κ2) is 10.0. The number of Topliss-reactive ketones (excluding diaryl/α,β-unsaturated/α-hetero) is 2. The van der Waals surface area contributed by atoms with Crippen LogP contribution in [-0.2, 0) is 35.4 Å². The quantitative estimate of drug-likeness (QED) is 0.561. The molecule has 38 heavy (non-hydrogen) atoms. The fourth-order valence-electron chi connectivity index (χ4n) is 5.10. The average molecular weight is 561 g/mol. The van der Waals surface area contributed by atoms with Crippen LogP contribution in [0.4, 0.5) is 0 Å². The summed E-state index contributed by atoms with van der Waals surface area (Å²) < 4.78 is 37.3. The summed E-state index contributed by atoms with van der Waals surface area (Å²) in [5.74, 6) is 0.0370. The monoisotopic (exact) mass is 560 g/mol. The highest BCUT2D eigenvalue weighted by Crippen LogP contribution is 2.49. The van der Waals surface area contributed by atoms with Crippen molar-refractivity contribution in [3.8, 4) is 11.5 Å². The van der Waals surface area contributed by atoms with Crippen LogP contribution in [0.15, 0.2) is 47.4 Å². The van der Waals surface area contributed by atoms with Gasteiger partial charge in [-0.1, -0.05) is 17.7 Å². The number of benzene rings is 2. The molecule has 4 aliphatic heterocycles. The summed E-state index contributed by atoms with van der Waals surface area (Å²) >= 11 is 5.86. The largest absolute Gasteiger partial charge is 0.454 e. The van der Waals surface area contributed by atoms with Gasteiger partial charge < -0.3 is 19.7 Å². The zero-order chi connectivity index (χ0) is 27.1. The molecule has 4 aliphatic rings. The number of halogens is 1. The minimum absolute atomic E-state index is 0.000787. The molecule has 12 heteroatoms. The van der Waals surface area contributed by atoms with Gasteiger partial charge in [0.2, 0.25) is 33.3 Å². The van der Waals surface area contributed by atoms with Gasteiger partial charge in [0, 0.05) is 43.3 Å². The van der Waals surface area contributed by atoms with E-state index in [4.69, 9.17) is 21.1 Å². The first kappa shape index (κ1) is 26.2. The fraction of sp³-hybridized carbons (Fsp3) is 0.385. The number of carbonyl (C=O) groups is 4. The van der Waals surface area contributed by atoms with E-state index >= 15 is 0 Å². The Hall–Kier alpha value is -3.44. The molecule has 3 saturated heterocycles. The van der Waals surface area contributed by atoms with E-state index in [0.29, 0.717) is 48.7 Å². The van der Waals surface area contributed by atoms with Crippen molar-refractivity contribution in [2.75, 3.05) is 19.9 Å². The van der Waals surface area contributed by atoms with Crippen LogP contribution in [0.25, 0.3) is 0 Å². The normalized spacial score (nSPS) is 24.1. The van der Waals surface area contributed by atoms with Gasteiger partial charge >= 0.3 is 0 Å². The van der Waals surface area contributed by atoms with Crippen LogP contribution in [0, 0.1) is 5.92 Å². The molecular formula is C26H25ClN2O8S. The molecule has 0 bridgehead atoms. The van der Waals surface area contributed by atoms with Gasteiger partial charge in [0.25, 0.3) is 0 Å². The first-order chi connectivity index (χ1) is 18.1. The molecule has 0 aliphatic carbocycles. The Morgan fingerprint density at radius 3 is 2.45 bits per heavy atom. The Morgan fingerprint density at radius 2 is 1.71 bits per heavy atom. The summed E-state index contributed by atoms with van der Waals surface area (Å²) in [6.07, 6.45) is 1.29. The van der Waals surface area contributed by atoms with Crippen molar-refractivity contribution in [1.82, 2.24) is 10.2 Å². The Bertz CT molecular complexity index is 1410. The number of hydrogen-bond donors (Lipinski definition) is 1. The van der Waals surface area contributed by atoms with E-state index in [0.717, 1.165) is 5.56 Å². The van der Waals surface area contributed by atoms with Crippen LogP contribution in [0.3, 0.4) is 0 Å². The van der Waals surface area contributed by atoms with Crippen molar-refractivity contribution in [2.24, 2.45) is 5.92 Å². The lowest BCUT2D eigenvalue weighted by Crippen LogP contribution is -2.67. The van der Waals surface area contributed by atoms with Crippen molar-refractivity contribution in [3.05, 3.63) is 53.1 Å². The third-order valence-corrected chi connectivity index (χ3v) is 9.73. The van der Waals surface area contributed by atoms with E-state index in [-0.39, 0.29) is 42.3 Å². The van der Waals surface area contributed by atoms with Crippen LogP contribution in [0.1, 0.15) is 31.2 Å². The summed E-state index contributed by atoms with van der Waals surface area (Å²) in [6, 6.07) is 11.0. The number of nitrogens with one attached hydrogen (secondary N) is 1. The predicted molar refractivity (Wildman–Crippen MR) is 134 cm³/mol. The molecule has 1 N–H and O–H groups in total. The number of ether oxygens (including phenoxy) is 2. The number of sulfone groups is 1. The third kappa shape index (κ3) is 4.54. The molecule has 3 fully saturated rings. The number of hydrogen-bond acceptors (Lipinski definition) is 8. The predicted octanol–water partition coefficient (Wildman–Crippen LogP) is 2.07. The maximum absolute atomic E-state index is 13.3. The molecule has 0 spiro atoms. The van der Waals surface area contributed by atoms with Crippen LogP contribution in [0.5, 0.6) is 11.5 Å². The molecule has 0 saturated carbocycles. The number of nitrogens with zero attached hydrogens (tertiary/aromatic N) is 1. The van der Waals surface area contributed by atoms with Crippen molar-refractivity contribution in [2.45, 2.75) is 41.9 Å². The zero-order valence-corrected chi connectivity index (χ0v) is 21.8. The van der Waals surface area contributed by atoms with Crippen molar-refractivity contribution in [1.29, 1.82) is 0 Å². The van der Waals surface area contributed by atoms with Gasteiger partial charge in [-0.2, -0.15) is 0 Å². The number of amides is 2. The topological polar surface area (TPSA) is 136 Å². The van der Waals surface area contributed by atoms with Gasteiger partial charge in [-0.25, -0.2) is 8.42 Å². The summed E-state index contributed by atoms with van der Waals surface area (Å²) in [7, 11) is -4.08. The lowest BCUT2D eigenvalue weighted by molar-refractivity contribution is -0.150. The van der Waals surface area contributed by atoms with E-state index in [1.165, 1.54) is 29.2 Å². The van der Waals surface area contributed by atoms with Gasteiger partial charge in [0.05, 0.1) is 11.3 Å². The minimum atomic E-state index is -4.08. The molecule has 6 rings (SSSR count). The average Bonchev–Trinajstić information content (AvgIpc) is 3.37. The van der Waals surface area contributed by atoms with Crippen LogP contribution in [-0.4, -0.2) is 61.5 Å². The first-order valence-electron chi connectivity index (χ1n) is 12.1. The van der Waals surface area contributed by atoms with E-state index in [1.54, 1.807) is 12.1 Å². The molecular weight excluding hydrogens is 536 g/mol. The smallest absolute Gasteiger partial charge is 0.231 e. The van der Waals surface area contributed by atoms with Crippen molar-refractivity contribution in [3.63, 3.8) is 0 Å². The Labute approximate surface area is 224 Å². The fourth-order valence-corrected chi connectivity index (χ4v) is 7.32. The number of rotatable bonds is 4. The van der Waals surface area contributed by atoms with Gasteiger partial charge in [-0.3, -0.25) is 19.2 Å². The molecule has 4 heterocycles. The molecule has 2 atom stereocenters. The second-order valence-electron chi connectivity index (χ2n) is 9.51. The van der Waals surface area contributed by atoms with Gasteiger partial charge in [-0.15, -0.1) is 0 Å². The van der Waals surface area contributed by atoms with Crippen LogP contribution < -0.4 is 14.8 Å². The van der Waals surface area contributed by atoms with Crippen molar-refractivity contribution < 1.29 is 37.1 Å². The van der Waals surface area contributed by atoms with Gasteiger partial charge in [0.15, 0.2) is 17.3 Å². The number of β-lactam (4-membered cyclic amide) rings is 1. The molecule has 2 aromatic carbocycles. The van der Waals surface area contributed by atoms with E-state index in [1.807, 2.05) is 6.07 Å². The lowest BCUT2D eigenvalue weighted by Gasteiger charge is -2.44. The highest BCUT2D eigenvalue weighted by atomic mass is 35.5. The molecule has 2 aromatic rings. The number of carbonyl (C=O) groups excluding carboxylic acids is 4. The van der Waals surface area contributed by atoms with Crippen molar-refractivity contribution >= 4 is 44.8 Å². The Balaban J connectivity index is 0.000000278. The number of ketones is 2. The lowest BCUT2D eigenvalue weighted by atomic mass is 9.93. The SMILES string of the molecule is O=C1CC2(S(=O)(=O)c3ccc(Cl)cc3)C(=O)C(Cc3ccc4c(c3)OCO4)CN12.O=C1CCNC(=O)CC1. The summed E-state index contributed by atoms with van der Waals surface area (Å²) in [6.45, 7) is 0.752.